The molecule has 8 heteroatoms. The molecule has 0 saturated carbocycles. The molecule has 0 fully saturated rings. The average molecular weight is 294 g/mol. The summed E-state index contributed by atoms with van der Waals surface area (Å²) >= 11 is 0. The minimum absolute atomic E-state index is 0.214. The monoisotopic (exact) mass is 294 g/mol. The van der Waals surface area contributed by atoms with Crippen LogP contribution in [0.5, 0.6) is 0 Å². The number of hydrogen-bond donors (Lipinski definition) is 0. The summed E-state index contributed by atoms with van der Waals surface area (Å²) in [6.45, 7) is 2.19. The van der Waals surface area contributed by atoms with Gasteiger partial charge in [-0.2, -0.15) is 0 Å². The molecule has 0 aromatic heterocycles. The van der Waals surface area contributed by atoms with Gasteiger partial charge in [-0.3, -0.25) is 29.8 Å². The molecule has 0 radical (unpaired) electrons. The maximum atomic E-state index is 11.7. The number of hydrogen-bond acceptors (Lipinski definition) is 6. The lowest BCUT2D eigenvalue weighted by Gasteiger charge is -2.21. The molecule has 0 saturated heterocycles. The molecule has 0 N–H and O–H groups in total. The van der Waals surface area contributed by atoms with Gasteiger partial charge in [0.25, 0.3) is 0 Å². The van der Waals surface area contributed by atoms with Crippen LogP contribution < -0.4 is 0 Å². The first-order valence-electron chi connectivity index (χ1n) is 6.10. The van der Waals surface area contributed by atoms with E-state index in [4.69, 9.17) is 0 Å². The molecular weight excluding hydrogens is 280 g/mol. The second-order valence-electron chi connectivity index (χ2n) is 4.62. The van der Waals surface area contributed by atoms with Gasteiger partial charge in [0.05, 0.1) is 15.8 Å². The van der Waals surface area contributed by atoms with Crippen LogP contribution in [-0.4, -0.2) is 27.6 Å². The van der Waals surface area contributed by atoms with Crippen LogP contribution in [0.25, 0.3) is 0 Å². The molecule has 8 nitrogen and oxygen atoms in total. The second kappa shape index (κ2) is 6.69. The largest absolute Gasteiger partial charge is 0.458 e. The SMILES string of the molecule is CC(=O)C(C(C)=O)C(c1ccccc1)C([N+](=O)[O-])[N+](=O)[O-]. The van der Waals surface area contributed by atoms with E-state index in [-0.39, 0.29) is 5.56 Å². The first-order valence-corrected chi connectivity index (χ1v) is 6.10. The Morgan fingerprint density at radius 2 is 1.38 bits per heavy atom. The third kappa shape index (κ3) is 3.68. The van der Waals surface area contributed by atoms with Gasteiger partial charge in [0, 0.05) is 0 Å². The summed E-state index contributed by atoms with van der Waals surface area (Å²) in [6, 6.07) is 7.57. The molecule has 1 aromatic rings. The summed E-state index contributed by atoms with van der Waals surface area (Å²) in [5.74, 6) is -4.13. The van der Waals surface area contributed by atoms with Crippen LogP contribution in [0.15, 0.2) is 30.3 Å². The number of nitrogens with zero attached hydrogens (tertiary/aromatic N) is 2. The Balaban J connectivity index is 3.48. The Morgan fingerprint density at radius 3 is 1.71 bits per heavy atom. The maximum Gasteiger partial charge on any atom is 0.458 e. The van der Waals surface area contributed by atoms with Crippen molar-refractivity contribution in [1.82, 2.24) is 0 Å². The van der Waals surface area contributed by atoms with Crippen molar-refractivity contribution in [2.45, 2.75) is 25.9 Å². The van der Waals surface area contributed by atoms with Crippen molar-refractivity contribution in [2.75, 3.05) is 0 Å². The lowest BCUT2D eigenvalue weighted by Crippen LogP contribution is -2.43. The van der Waals surface area contributed by atoms with E-state index in [2.05, 4.69) is 0 Å². The Bertz CT molecular complexity index is 511. The number of carbonyl (C=O) groups is 2. The van der Waals surface area contributed by atoms with E-state index in [0.29, 0.717) is 0 Å². The Hall–Kier alpha value is -2.64. The summed E-state index contributed by atoms with van der Waals surface area (Å²) in [6.07, 6.45) is -2.26. The standard InChI is InChI=1S/C13H14N2O6/c1-8(16)11(9(2)17)12(10-6-4-3-5-7-10)13(14(18)19)15(20)21/h3-7,11-13H,1-2H3. The lowest BCUT2D eigenvalue weighted by molar-refractivity contribution is -0.746. The van der Waals surface area contributed by atoms with Gasteiger partial charge in [0.1, 0.15) is 17.5 Å². The van der Waals surface area contributed by atoms with Crippen LogP contribution >= 0.6 is 0 Å². The number of Topliss-reactive ketones (excluding diaryl/α,β-unsaturated/α-hetero) is 2. The fourth-order valence-electron chi connectivity index (χ4n) is 2.34. The van der Waals surface area contributed by atoms with Gasteiger partial charge in [-0.1, -0.05) is 30.3 Å². The molecule has 0 amide bonds. The van der Waals surface area contributed by atoms with E-state index < -0.39 is 39.4 Å². The average Bonchev–Trinajstić information content (AvgIpc) is 2.37. The van der Waals surface area contributed by atoms with Crippen LogP contribution in [0.2, 0.25) is 0 Å². The molecule has 0 heterocycles. The normalized spacial score (nSPS) is 12.2. The smallest absolute Gasteiger partial charge is 0.299 e. The first kappa shape index (κ1) is 16.4. The van der Waals surface area contributed by atoms with Crippen LogP contribution in [-0.2, 0) is 9.59 Å². The molecule has 1 rings (SSSR count). The summed E-state index contributed by atoms with van der Waals surface area (Å²) in [4.78, 5) is 43.3. The van der Waals surface area contributed by atoms with Crippen molar-refractivity contribution in [2.24, 2.45) is 5.92 Å². The van der Waals surface area contributed by atoms with E-state index in [1.165, 1.54) is 24.3 Å². The van der Waals surface area contributed by atoms with E-state index >= 15 is 0 Å². The quantitative estimate of drug-likeness (QED) is 0.325. The van der Waals surface area contributed by atoms with Gasteiger partial charge in [0.15, 0.2) is 0 Å². The predicted molar refractivity (Wildman–Crippen MR) is 71.8 cm³/mol. The molecule has 21 heavy (non-hydrogen) atoms. The second-order valence-corrected chi connectivity index (χ2v) is 4.62. The molecule has 0 aliphatic rings. The van der Waals surface area contributed by atoms with Gasteiger partial charge in [-0.15, -0.1) is 0 Å². The van der Waals surface area contributed by atoms with E-state index in [1.807, 2.05) is 0 Å². The van der Waals surface area contributed by atoms with Crippen molar-refractivity contribution >= 4 is 11.6 Å². The van der Waals surface area contributed by atoms with Gasteiger partial charge in [-0.05, 0) is 19.4 Å². The topological polar surface area (TPSA) is 120 Å². The van der Waals surface area contributed by atoms with Crippen molar-refractivity contribution in [3.8, 4) is 0 Å². The maximum absolute atomic E-state index is 11.7. The third-order valence-corrected chi connectivity index (χ3v) is 3.17. The molecule has 1 atom stereocenters. The number of nitro groups is 2. The highest BCUT2D eigenvalue weighted by Crippen LogP contribution is 2.31. The fourth-order valence-corrected chi connectivity index (χ4v) is 2.34. The minimum atomic E-state index is -2.26. The fraction of sp³-hybridized carbons (Fsp3) is 0.385. The van der Waals surface area contributed by atoms with Crippen molar-refractivity contribution in [3.63, 3.8) is 0 Å². The van der Waals surface area contributed by atoms with Crippen LogP contribution in [0, 0.1) is 26.1 Å². The zero-order valence-electron chi connectivity index (χ0n) is 11.5. The van der Waals surface area contributed by atoms with E-state index in [1.54, 1.807) is 6.07 Å². The number of rotatable bonds is 7. The summed E-state index contributed by atoms with van der Waals surface area (Å²) in [5, 5.41) is 22.1. The van der Waals surface area contributed by atoms with Gasteiger partial charge in [0.2, 0.25) is 0 Å². The molecular formula is C13H14N2O6. The first-order chi connectivity index (χ1) is 9.77. The highest BCUT2D eigenvalue weighted by atomic mass is 16.7. The Kier molecular flexibility index (Phi) is 5.23. The van der Waals surface area contributed by atoms with E-state index in [0.717, 1.165) is 13.8 Å². The van der Waals surface area contributed by atoms with Crippen molar-refractivity contribution in [1.29, 1.82) is 0 Å². The summed E-state index contributed by atoms with van der Waals surface area (Å²) < 4.78 is 0. The highest BCUT2D eigenvalue weighted by Gasteiger charge is 2.50. The Labute approximate surface area is 120 Å². The molecule has 0 aliphatic heterocycles. The third-order valence-electron chi connectivity index (χ3n) is 3.17. The molecule has 0 spiro atoms. The molecule has 0 aliphatic carbocycles. The van der Waals surface area contributed by atoms with Crippen molar-refractivity contribution in [3.05, 3.63) is 56.1 Å². The van der Waals surface area contributed by atoms with Crippen LogP contribution in [0.1, 0.15) is 25.3 Å². The predicted octanol–water partition coefficient (Wildman–Crippen LogP) is 1.44. The highest BCUT2D eigenvalue weighted by molar-refractivity contribution is 6.01. The minimum Gasteiger partial charge on any atom is -0.299 e. The van der Waals surface area contributed by atoms with Gasteiger partial charge < -0.3 is 0 Å². The van der Waals surface area contributed by atoms with Gasteiger partial charge in [-0.25, -0.2) is 0 Å². The number of carbonyl (C=O) groups excluding carboxylic acids is 2. The summed E-state index contributed by atoms with van der Waals surface area (Å²) in [7, 11) is 0. The zero-order chi connectivity index (χ0) is 16.2. The zero-order valence-corrected chi connectivity index (χ0v) is 11.5. The van der Waals surface area contributed by atoms with E-state index in [9.17, 15) is 29.8 Å². The van der Waals surface area contributed by atoms with Crippen LogP contribution in [0.3, 0.4) is 0 Å². The number of ketones is 2. The molecule has 1 unspecified atom stereocenters. The van der Waals surface area contributed by atoms with Crippen LogP contribution in [0.4, 0.5) is 0 Å². The van der Waals surface area contributed by atoms with Gasteiger partial charge >= 0.3 is 6.17 Å². The molecule has 1 aromatic carbocycles. The Morgan fingerprint density at radius 1 is 0.952 bits per heavy atom. The summed E-state index contributed by atoms with van der Waals surface area (Å²) in [5.41, 5.74) is 0.214. The number of benzene rings is 1. The van der Waals surface area contributed by atoms with Crippen molar-refractivity contribution < 1.29 is 19.4 Å². The molecule has 0 bridgehead atoms. The lowest BCUT2D eigenvalue weighted by atomic mass is 9.79. The molecule has 112 valence electrons.